The van der Waals surface area contributed by atoms with E-state index in [0.717, 1.165) is 24.4 Å². The lowest BCUT2D eigenvalue weighted by atomic mass is 10.1. The molecule has 0 saturated heterocycles. The molecule has 1 aromatic carbocycles. The molecule has 19 heavy (non-hydrogen) atoms. The van der Waals surface area contributed by atoms with Crippen LogP contribution in [0.5, 0.6) is 0 Å². The zero-order chi connectivity index (χ0) is 13.8. The lowest BCUT2D eigenvalue weighted by molar-refractivity contribution is 0.0696. The van der Waals surface area contributed by atoms with E-state index < -0.39 is 5.97 Å². The summed E-state index contributed by atoms with van der Waals surface area (Å²) < 4.78 is 2.70. The molecule has 1 N–H and O–H groups in total. The van der Waals surface area contributed by atoms with E-state index in [4.69, 9.17) is 5.11 Å². The summed E-state index contributed by atoms with van der Waals surface area (Å²) in [5.41, 5.74) is 1.23. The number of hydrogen-bond acceptors (Lipinski definition) is 2. The maximum atomic E-state index is 11.1. The van der Waals surface area contributed by atoms with E-state index in [1.807, 2.05) is 12.3 Å². The Morgan fingerprint density at radius 2 is 2.26 bits per heavy atom. The zero-order valence-electron chi connectivity index (χ0n) is 10.6. The molecule has 1 aromatic heterocycles. The Kier molecular flexibility index (Phi) is 4.37. The number of halogens is 1. The van der Waals surface area contributed by atoms with Crippen LogP contribution < -0.4 is 0 Å². The van der Waals surface area contributed by atoms with Crippen molar-refractivity contribution in [3.05, 3.63) is 52.0 Å². The van der Waals surface area contributed by atoms with Gasteiger partial charge >= 0.3 is 5.97 Å². The van der Waals surface area contributed by atoms with Crippen LogP contribution in [-0.4, -0.2) is 20.6 Å². The molecular weight excluding hydrogens is 308 g/mol. The Bertz CT molecular complexity index is 593. The number of imidazole rings is 1. The van der Waals surface area contributed by atoms with Crippen LogP contribution in [0.4, 0.5) is 0 Å². The topological polar surface area (TPSA) is 55.1 Å². The van der Waals surface area contributed by atoms with Crippen LogP contribution in [0.25, 0.3) is 0 Å². The minimum absolute atomic E-state index is 0.283. The van der Waals surface area contributed by atoms with Crippen molar-refractivity contribution >= 4 is 21.9 Å². The maximum absolute atomic E-state index is 11.1. The van der Waals surface area contributed by atoms with Gasteiger partial charge in [0, 0.05) is 29.8 Å². The lowest BCUT2D eigenvalue weighted by Gasteiger charge is -2.07. The first kappa shape index (κ1) is 13.8. The minimum Gasteiger partial charge on any atom is -0.478 e. The second-order valence-electron chi connectivity index (χ2n) is 4.33. The van der Waals surface area contributed by atoms with Crippen LogP contribution in [0.2, 0.25) is 0 Å². The third-order valence-electron chi connectivity index (χ3n) is 2.89. The van der Waals surface area contributed by atoms with Crippen molar-refractivity contribution in [2.75, 3.05) is 0 Å². The van der Waals surface area contributed by atoms with Gasteiger partial charge in [-0.05, 0) is 40.0 Å². The first-order chi connectivity index (χ1) is 9.11. The molecule has 0 fully saturated rings. The molecule has 0 spiro atoms. The SMILES string of the molecule is CCCn1ccnc1Cc1ccc(Br)c(C(=O)O)c1. The quantitative estimate of drug-likeness (QED) is 0.918. The summed E-state index contributed by atoms with van der Waals surface area (Å²) in [6, 6.07) is 5.38. The minimum atomic E-state index is -0.925. The number of benzene rings is 1. The fourth-order valence-electron chi connectivity index (χ4n) is 1.98. The highest BCUT2D eigenvalue weighted by molar-refractivity contribution is 9.10. The number of aryl methyl sites for hydroxylation is 1. The summed E-state index contributed by atoms with van der Waals surface area (Å²) >= 11 is 3.25. The summed E-state index contributed by atoms with van der Waals surface area (Å²) in [6.07, 6.45) is 5.42. The molecule has 2 aromatic rings. The average Bonchev–Trinajstić information content (AvgIpc) is 2.79. The van der Waals surface area contributed by atoms with Crippen molar-refractivity contribution in [1.82, 2.24) is 9.55 Å². The van der Waals surface area contributed by atoms with Crippen molar-refractivity contribution in [3.8, 4) is 0 Å². The number of hydrogen-bond donors (Lipinski definition) is 1. The van der Waals surface area contributed by atoms with Crippen molar-refractivity contribution in [2.45, 2.75) is 26.3 Å². The number of carbonyl (C=O) groups is 1. The molecular formula is C14H15BrN2O2. The van der Waals surface area contributed by atoms with Gasteiger partial charge in [-0.2, -0.15) is 0 Å². The van der Waals surface area contributed by atoms with Crippen molar-refractivity contribution in [1.29, 1.82) is 0 Å². The Balaban J connectivity index is 2.26. The Morgan fingerprint density at radius 1 is 1.47 bits per heavy atom. The number of aromatic carboxylic acids is 1. The number of carboxylic acid groups (broad SMARTS) is 1. The lowest BCUT2D eigenvalue weighted by Crippen LogP contribution is -2.05. The summed E-state index contributed by atoms with van der Waals surface area (Å²) in [7, 11) is 0. The van der Waals surface area contributed by atoms with Gasteiger partial charge in [0.25, 0.3) is 0 Å². The van der Waals surface area contributed by atoms with Gasteiger partial charge in [0.05, 0.1) is 5.56 Å². The van der Waals surface area contributed by atoms with Crippen LogP contribution >= 0.6 is 15.9 Å². The molecule has 4 nitrogen and oxygen atoms in total. The van der Waals surface area contributed by atoms with Gasteiger partial charge in [-0.3, -0.25) is 0 Å². The van der Waals surface area contributed by atoms with Gasteiger partial charge in [0.2, 0.25) is 0 Å². The highest BCUT2D eigenvalue weighted by Gasteiger charge is 2.10. The molecule has 0 aliphatic heterocycles. The van der Waals surface area contributed by atoms with Gasteiger partial charge in [0.15, 0.2) is 0 Å². The van der Waals surface area contributed by atoms with E-state index in [0.29, 0.717) is 10.9 Å². The monoisotopic (exact) mass is 322 g/mol. The molecule has 0 unspecified atom stereocenters. The first-order valence-corrected chi connectivity index (χ1v) is 6.93. The van der Waals surface area contributed by atoms with E-state index in [1.54, 1.807) is 18.3 Å². The summed E-state index contributed by atoms with van der Waals surface area (Å²) in [4.78, 5) is 15.4. The second-order valence-corrected chi connectivity index (χ2v) is 5.19. The van der Waals surface area contributed by atoms with E-state index in [1.165, 1.54) is 0 Å². The molecule has 0 aliphatic rings. The summed E-state index contributed by atoms with van der Waals surface area (Å²) in [5, 5.41) is 9.10. The van der Waals surface area contributed by atoms with Gasteiger partial charge in [0.1, 0.15) is 5.82 Å². The molecule has 5 heteroatoms. The molecule has 0 atom stereocenters. The smallest absolute Gasteiger partial charge is 0.336 e. The largest absolute Gasteiger partial charge is 0.478 e. The summed E-state index contributed by atoms with van der Waals surface area (Å²) in [6.45, 7) is 3.05. The van der Waals surface area contributed by atoms with Crippen LogP contribution in [0.1, 0.15) is 35.1 Å². The zero-order valence-corrected chi connectivity index (χ0v) is 12.2. The van der Waals surface area contributed by atoms with Crippen LogP contribution in [0, 0.1) is 0 Å². The molecule has 0 aliphatic carbocycles. The molecule has 0 amide bonds. The molecule has 0 bridgehead atoms. The fourth-order valence-corrected chi connectivity index (χ4v) is 2.40. The van der Waals surface area contributed by atoms with E-state index in [2.05, 4.69) is 32.4 Å². The normalized spacial score (nSPS) is 10.6. The first-order valence-electron chi connectivity index (χ1n) is 6.13. The third kappa shape index (κ3) is 3.23. The number of aromatic nitrogens is 2. The van der Waals surface area contributed by atoms with Gasteiger partial charge < -0.3 is 9.67 Å². The van der Waals surface area contributed by atoms with E-state index in [9.17, 15) is 4.79 Å². The molecule has 2 rings (SSSR count). The van der Waals surface area contributed by atoms with E-state index >= 15 is 0 Å². The Hall–Kier alpha value is -1.62. The number of nitrogens with zero attached hydrogens (tertiary/aromatic N) is 2. The highest BCUT2D eigenvalue weighted by Crippen LogP contribution is 2.20. The molecule has 100 valence electrons. The molecule has 1 heterocycles. The van der Waals surface area contributed by atoms with Crippen LogP contribution in [0.3, 0.4) is 0 Å². The van der Waals surface area contributed by atoms with E-state index in [-0.39, 0.29) is 5.56 Å². The Labute approximate surface area is 120 Å². The molecule has 0 radical (unpaired) electrons. The van der Waals surface area contributed by atoms with Crippen molar-refractivity contribution in [3.63, 3.8) is 0 Å². The van der Waals surface area contributed by atoms with Crippen LogP contribution in [0.15, 0.2) is 35.1 Å². The van der Waals surface area contributed by atoms with Gasteiger partial charge in [-0.25, -0.2) is 9.78 Å². The predicted octanol–water partition coefficient (Wildman–Crippen LogP) is 3.34. The average molecular weight is 323 g/mol. The molecule has 0 saturated carbocycles. The highest BCUT2D eigenvalue weighted by atomic mass is 79.9. The summed E-state index contributed by atoms with van der Waals surface area (Å²) in [5.74, 6) is 0.0335. The third-order valence-corrected chi connectivity index (χ3v) is 3.58. The number of rotatable bonds is 5. The second kappa shape index (κ2) is 6.02. The predicted molar refractivity (Wildman–Crippen MR) is 76.4 cm³/mol. The number of carboxylic acids is 1. The van der Waals surface area contributed by atoms with Crippen molar-refractivity contribution in [2.24, 2.45) is 0 Å². The van der Waals surface area contributed by atoms with Gasteiger partial charge in [-0.1, -0.05) is 13.0 Å². The standard InChI is InChI=1S/C14H15BrN2O2/c1-2-6-17-7-5-16-13(17)9-10-3-4-12(15)11(8-10)14(18)19/h3-5,7-8H,2,6,9H2,1H3,(H,18,19). The maximum Gasteiger partial charge on any atom is 0.336 e. The van der Waals surface area contributed by atoms with Gasteiger partial charge in [-0.15, -0.1) is 0 Å². The van der Waals surface area contributed by atoms with Crippen LogP contribution in [-0.2, 0) is 13.0 Å². The Morgan fingerprint density at radius 3 is 2.95 bits per heavy atom. The fraction of sp³-hybridized carbons (Fsp3) is 0.286. The van der Waals surface area contributed by atoms with Crippen molar-refractivity contribution < 1.29 is 9.90 Å².